The highest BCUT2D eigenvalue weighted by atomic mass is 17.3. The Morgan fingerprint density at radius 1 is 1.24 bits per heavy atom. The van der Waals surface area contributed by atoms with Crippen LogP contribution in [0.15, 0.2) is 0 Å². The lowest BCUT2D eigenvalue weighted by atomic mass is 9.58. The third-order valence-corrected chi connectivity index (χ3v) is 6.01. The Balaban J connectivity index is 1.82. The van der Waals surface area contributed by atoms with Crippen LogP contribution in [0.3, 0.4) is 0 Å². The molecule has 5 rings (SSSR count). The van der Waals surface area contributed by atoms with Crippen LogP contribution >= 0.6 is 0 Å². The van der Waals surface area contributed by atoms with E-state index >= 15 is 0 Å². The van der Waals surface area contributed by atoms with Crippen molar-refractivity contribution in [1.29, 1.82) is 0 Å². The standard InChI is InChI=1S/C15H22O6/c1-8-10-4-3-9(7-16)11-5-6-14(2)19-13(18-12(8)17)15(10,11)21-20-14/h8-11,13,16H,3-7H2,1-2H3/t8-,9+,10+,11+,13-,14+,15+/m1/s1. The van der Waals surface area contributed by atoms with Crippen molar-refractivity contribution in [1.82, 2.24) is 0 Å². The van der Waals surface area contributed by atoms with Crippen molar-refractivity contribution in [2.45, 2.75) is 57.2 Å². The average Bonchev–Trinajstić information content (AvgIpc) is 2.69. The molecule has 0 unspecified atom stereocenters. The summed E-state index contributed by atoms with van der Waals surface area (Å²) in [6.07, 6.45) is 2.51. The summed E-state index contributed by atoms with van der Waals surface area (Å²) in [5.74, 6) is -1.10. The Hall–Kier alpha value is -0.690. The Labute approximate surface area is 123 Å². The van der Waals surface area contributed by atoms with E-state index in [2.05, 4.69) is 0 Å². The lowest BCUT2D eigenvalue weighted by Crippen LogP contribution is -2.70. The first-order chi connectivity index (χ1) is 10.00. The van der Waals surface area contributed by atoms with Crippen LogP contribution in [-0.4, -0.2) is 35.4 Å². The van der Waals surface area contributed by atoms with Gasteiger partial charge in [-0.25, -0.2) is 9.78 Å². The number of hydrogen-bond acceptors (Lipinski definition) is 6. The molecule has 21 heavy (non-hydrogen) atoms. The summed E-state index contributed by atoms with van der Waals surface area (Å²) in [6.45, 7) is 3.82. The van der Waals surface area contributed by atoms with Crippen LogP contribution in [-0.2, 0) is 24.0 Å². The molecule has 5 aliphatic rings. The van der Waals surface area contributed by atoms with Gasteiger partial charge in [-0.15, -0.1) is 0 Å². The van der Waals surface area contributed by atoms with E-state index in [1.54, 1.807) is 0 Å². The molecule has 118 valence electrons. The van der Waals surface area contributed by atoms with Gasteiger partial charge < -0.3 is 14.6 Å². The zero-order valence-corrected chi connectivity index (χ0v) is 12.4. The van der Waals surface area contributed by atoms with Crippen molar-refractivity contribution in [3.05, 3.63) is 0 Å². The van der Waals surface area contributed by atoms with Gasteiger partial charge in [0.2, 0.25) is 12.1 Å². The summed E-state index contributed by atoms with van der Waals surface area (Å²) in [7, 11) is 0. The number of fused-ring (bicyclic) bond motifs is 2. The fraction of sp³-hybridized carbons (Fsp3) is 0.933. The van der Waals surface area contributed by atoms with Gasteiger partial charge in [0, 0.05) is 24.9 Å². The predicted octanol–water partition coefficient (Wildman–Crippen LogP) is 1.37. The van der Waals surface area contributed by atoms with Crippen LogP contribution < -0.4 is 0 Å². The molecule has 4 heterocycles. The smallest absolute Gasteiger partial charge is 0.311 e. The summed E-state index contributed by atoms with van der Waals surface area (Å²) in [5.41, 5.74) is -0.769. The van der Waals surface area contributed by atoms with Crippen molar-refractivity contribution < 1.29 is 29.1 Å². The highest BCUT2D eigenvalue weighted by Gasteiger charge is 2.70. The number of carbonyl (C=O) groups is 1. The molecule has 5 fully saturated rings. The van der Waals surface area contributed by atoms with Crippen molar-refractivity contribution in [2.24, 2.45) is 23.7 Å². The molecule has 6 heteroatoms. The minimum atomic E-state index is -0.876. The van der Waals surface area contributed by atoms with Gasteiger partial charge in [-0.3, -0.25) is 4.79 Å². The number of aliphatic hydroxyl groups excluding tert-OH is 1. The molecule has 2 bridgehead atoms. The van der Waals surface area contributed by atoms with Gasteiger partial charge in [0.1, 0.15) is 0 Å². The second kappa shape index (κ2) is 4.41. The van der Waals surface area contributed by atoms with Crippen LogP contribution in [0.2, 0.25) is 0 Å². The maximum Gasteiger partial charge on any atom is 0.311 e. The summed E-state index contributed by atoms with van der Waals surface area (Å²) >= 11 is 0. The molecular formula is C15H22O6. The SMILES string of the molecule is C[C@H]1C(=O)O[C@@H]2O[C@]3(C)CC[C@H]4[C@H](CO)CC[C@@H]1[C@@]24OO3. The van der Waals surface area contributed by atoms with Crippen LogP contribution in [0.5, 0.6) is 0 Å². The molecule has 0 amide bonds. The summed E-state index contributed by atoms with van der Waals surface area (Å²) in [6, 6.07) is 0. The molecule has 0 radical (unpaired) electrons. The Bertz CT molecular complexity index is 463. The molecule has 4 aliphatic heterocycles. The number of hydrogen-bond donors (Lipinski definition) is 1. The highest BCUT2D eigenvalue weighted by molar-refractivity contribution is 5.74. The Kier molecular flexibility index (Phi) is 2.93. The second-order valence-corrected chi connectivity index (χ2v) is 7.10. The van der Waals surface area contributed by atoms with E-state index in [0.717, 1.165) is 19.3 Å². The van der Waals surface area contributed by atoms with Crippen molar-refractivity contribution in [3.63, 3.8) is 0 Å². The van der Waals surface area contributed by atoms with Crippen LogP contribution in [0, 0.1) is 23.7 Å². The van der Waals surface area contributed by atoms with Gasteiger partial charge in [0.25, 0.3) is 0 Å². The largest absolute Gasteiger partial charge is 0.432 e. The zero-order valence-electron chi connectivity index (χ0n) is 12.4. The summed E-state index contributed by atoms with van der Waals surface area (Å²) in [5, 5.41) is 9.75. The molecule has 4 saturated heterocycles. The second-order valence-electron chi connectivity index (χ2n) is 7.10. The molecule has 0 aromatic rings. The molecule has 1 aliphatic carbocycles. The highest BCUT2D eigenvalue weighted by Crippen LogP contribution is 2.59. The third-order valence-electron chi connectivity index (χ3n) is 6.01. The molecule has 1 spiro atoms. The number of esters is 1. The first-order valence-corrected chi connectivity index (χ1v) is 7.86. The molecule has 1 N–H and O–H groups in total. The number of aliphatic hydroxyl groups is 1. The normalized spacial score (nSPS) is 55.6. The minimum absolute atomic E-state index is 0.0131. The van der Waals surface area contributed by atoms with E-state index in [0.29, 0.717) is 6.42 Å². The third kappa shape index (κ3) is 1.70. The summed E-state index contributed by atoms with van der Waals surface area (Å²) < 4.78 is 11.5. The van der Waals surface area contributed by atoms with Gasteiger partial charge in [0.15, 0.2) is 5.60 Å². The van der Waals surface area contributed by atoms with Crippen LogP contribution in [0.1, 0.15) is 39.5 Å². The minimum Gasteiger partial charge on any atom is -0.432 e. The maximum atomic E-state index is 12.1. The molecule has 7 atom stereocenters. The summed E-state index contributed by atoms with van der Waals surface area (Å²) in [4.78, 5) is 23.6. The van der Waals surface area contributed by atoms with E-state index in [1.807, 2.05) is 13.8 Å². The van der Waals surface area contributed by atoms with Gasteiger partial charge in [-0.2, -0.15) is 0 Å². The Morgan fingerprint density at radius 2 is 2.05 bits per heavy atom. The van der Waals surface area contributed by atoms with E-state index in [1.165, 1.54) is 0 Å². The topological polar surface area (TPSA) is 74.2 Å². The van der Waals surface area contributed by atoms with E-state index in [-0.39, 0.29) is 36.2 Å². The number of carbonyl (C=O) groups excluding carboxylic acids is 1. The predicted molar refractivity (Wildman–Crippen MR) is 69.5 cm³/mol. The molecular weight excluding hydrogens is 276 g/mol. The molecule has 0 aromatic heterocycles. The average molecular weight is 298 g/mol. The molecule has 6 nitrogen and oxygen atoms in total. The molecule has 1 saturated carbocycles. The first-order valence-electron chi connectivity index (χ1n) is 7.86. The van der Waals surface area contributed by atoms with Crippen LogP contribution in [0.4, 0.5) is 0 Å². The lowest BCUT2D eigenvalue weighted by Gasteiger charge is -2.57. The van der Waals surface area contributed by atoms with E-state index < -0.39 is 17.7 Å². The monoisotopic (exact) mass is 298 g/mol. The fourth-order valence-electron chi connectivity index (χ4n) is 4.81. The maximum absolute atomic E-state index is 12.1. The quantitative estimate of drug-likeness (QED) is 0.582. The van der Waals surface area contributed by atoms with Crippen molar-refractivity contribution in [2.75, 3.05) is 6.61 Å². The first kappa shape index (κ1) is 13.9. The van der Waals surface area contributed by atoms with Gasteiger partial charge >= 0.3 is 5.97 Å². The van der Waals surface area contributed by atoms with Crippen molar-refractivity contribution >= 4 is 5.97 Å². The Morgan fingerprint density at radius 3 is 2.81 bits per heavy atom. The van der Waals surface area contributed by atoms with E-state index in [9.17, 15) is 9.90 Å². The van der Waals surface area contributed by atoms with Crippen LogP contribution in [0.25, 0.3) is 0 Å². The molecule has 0 aromatic carbocycles. The van der Waals surface area contributed by atoms with E-state index in [4.69, 9.17) is 19.2 Å². The number of rotatable bonds is 1. The van der Waals surface area contributed by atoms with Crippen molar-refractivity contribution in [3.8, 4) is 0 Å². The van der Waals surface area contributed by atoms with Gasteiger partial charge in [-0.05, 0) is 32.1 Å². The number of ether oxygens (including phenoxy) is 2. The van der Waals surface area contributed by atoms with Gasteiger partial charge in [0.05, 0.1) is 5.92 Å². The fourth-order valence-corrected chi connectivity index (χ4v) is 4.81. The zero-order chi connectivity index (χ0) is 14.8. The lowest BCUT2D eigenvalue weighted by molar-refractivity contribution is -0.559. The van der Waals surface area contributed by atoms with Gasteiger partial charge in [-0.1, -0.05) is 6.92 Å².